The first-order valence-electron chi connectivity index (χ1n) is 8.86. The van der Waals surface area contributed by atoms with Gasteiger partial charge in [-0.1, -0.05) is 0 Å². The Morgan fingerprint density at radius 1 is 1.25 bits per heavy atom. The molecule has 1 aromatic heterocycles. The normalized spacial score (nSPS) is 26.3. The van der Waals surface area contributed by atoms with Crippen molar-refractivity contribution in [1.82, 2.24) is 10.3 Å². The second kappa shape index (κ2) is 6.34. The largest absolute Gasteiger partial charge is 0.368 e. The lowest BCUT2D eigenvalue weighted by molar-refractivity contribution is -0.0706. The summed E-state index contributed by atoms with van der Waals surface area (Å²) in [6, 6.07) is 6.83. The average molecular weight is 328 g/mol. The van der Waals surface area contributed by atoms with Crippen molar-refractivity contribution in [1.29, 1.82) is 5.26 Å². The molecule has 2 saturated heterocycles. The van der Waals surface area contributed by atoms with E-state index >= 15 is 0 Å². The van der Waals surface area contributed by atoms with Gasteiger partial charge >= 0.3 is 0 Å². The average Bonchev–Trinajstić information content (AvgIpc) is 2.75. The van der Waals surface area contributed by atoms with Crippen LogP contribution in [-0.4, -0.2) is 41.4 Å². The van der Waals surface area contributed by atoms with Crippen LogP contribution in [0.4, 0.5) is 5.82 Å². The van der Waals surface area contributed by atoms with E-state index in [4.69, 9.17) is 10.00 Å². The fourth-order valence-corrected chi connectivity index (χ4v) is 4.02. The number of aromatic nitrogens is 1. The van der Waals surface area contributed by atoms with Gasteiger partial charge in [-0.2, -0.15) is 5.26 Å². The lowest BCUT2D eigenvalue weighted by Gasteiger charge is -2.37. The van der Waals surface area contributed by atoms with Gasteiger partial charge in [-0.3, -0.25) is 0 Å². The summed E-state index contributed by atoms with van der Waals surface area (Å²) in [6.45, 7) is 10.7. The summed E-state index contributed by atoms with van der Waals surface area (Å²) in [5, 5.41) is 12.7. The maximum absolute atomic E-state index is 8.87. The number of ether oxygens (including phenoxy) is 1. The van der Waals surface area contributed by atoms with Crippen LogP contribution in [0.1, 0.15) is 52.5 Å². The zero-order chi connectivity index (χ0) is 17.4. The number of nitrogens with one attached hydrogen (secondary N) is 1. The van der Waals surface area contributed by atoms with Crippen molar-refractivity contribution < 1.29 is 4.74 Å². The summed E-state index contributed by atoms with van der Waals surface area (Å²) in [4.78, 5) is 6.71. The van der Waals surface area contributed by atoms with E-state index in [-0.39, 0.29) is 11.2 Å². The number of anilines is 1. The molecule has 5 heteroatoms. The number of rotatable bonds is 3. The third-order valence-electron chi connectivity index (χ3n) is 5.21. The summed E-state index contributed by atoms with van der Waals surface area (Å²) in [7, 11) is 0. The number of nitrogens with zero attached hydrogens (tertiary/aromatic N) is 3. The van der Waals surface area contributed by atoms with Crippen molar-refractivity contribution in [3.63, 3.8) is 0 Å². The van der Waals surface area contributed by atoms with Gasteiger partial charge in [-0.05, 0) is 59.1 Å². The van der Waals surface area contributed by atoms with E-state index < -0.39 is 0 Å². The Hall–Kier alpha value is -1.64. The lowest BCUT2D eigenvalue weighted by Crippen LogP contribution is -2.51. The van der Waals surface area contributed by atoms with E-state index in [1.54, 1.807) is 6.20 Å². The predicted molar refractivity (Wildman–Crippen MR) is 95.0 cm³/mol. The second-order valence-electron chi connectivity index (χ2n) is 8.17. The van der Waals surface area contributed by atoms with Crippen molar-refractivity contribution in [2.24, 2.45) is 0 Å². The number of hydrogen-bond acceptors (Lipinski definition) is 5. The van der Waals surface area contributed by atoms with E-state index in [1.165, 1.54) is 0 Å². The van der Waals surface area contributed by atoms with Gasteiger partial charge in [0, 0.05) is 31.4 Å². The first kappa shape index (κ1) is 17.2. The molecule has 0 aliphatic carbocycles. The molecule has 1 unspecified atom stereocenters. The lowest BCUT2D eigenvalue weighted by atomic mass is 9.92. The minimum atomic E-state index is -0.116. The number of piperidine rings is 1. The summed E-state index contributed by atoms with van der Waals surface area (Å²) in [5.41, 5.74) is 0.449. The molecule has 0 saturated carbocycles. The zero-order valence-electron chi connectivity index (χ0n) is 15.2. The molecule has 24 heavy (non-hydrogen) atoms. The quantitative estimate of drug-likeness (QED) is 0.924. The van der Waals surface area contributed by atoms with Crippen molar-refractivity contribution in [3.05, 3.63) is 23.9 Å². The number of nitriles is 1. The topological polar surface area (TPSA) is 61.2 Å². The maximum atomic E-state index is 8.87. The highest BCUT2D eigenvalue weighted by Crippen LogP contribution is 2.37. The molecule has 1 aromatic rings. The van der Waals surface area contributed by atoms with Crippen molar-refractivity contribution in [2.75, 3.05) is 18.0 Å². The van der Waals surface area contributed by atoms with Gasteiger partial charge in [0.15, 0.2) is 0 Å². The highest BCUT2D eigenvalue weighted by atomic mass is 16.5. The van der Waals surface area contributed by atoms with Crippen LogP contribution in [0.15, 0.2) is 18.3 Å². The summed E-state index contributed by atoms with van der Waals surface area (Å²) < 4.78 is 6.19. The van der Waals surface area contributed by atoms with Crippen LogP contribution in [0.2, 0.25) is 0 Å². The molecule has 0 bridgehead atoms. The molecule has 5 nitrogen and oxygen atoms in total. The maximum Gasteiger partial charge on any atom is 0.128 e. The molecular formula is C19H28N4O. The van der Waals surface area contributed by atoms with Crippen molar-refractivity contribution in [3.8, 4) is 6.07 Å². The molecule has 0 radical (unpaired) electrons. The smallest absolute Gasteiger partial charge is 0.128 e. The Bertz CT molecular complexity index is 609. The monoisotopic (exact) mass is 328 g/mol. The Labute approximate surface area is 145 Å². The Morgan fingerprint density at radius 2 is 1.96 bits per heavy atom. The van der Waals surface area contributed by atoms with Crippen LogP contribution in [0, 0.1) is 11.3 Å². The fourth-order valence-electron chi connectivity index (χ4n) is 4.02. The van der Waals surface area contributed by atoms with Gasteiger partial charge in [0.2, 0.25) is 0 Å². The minimum Gasteiger partial charge on any atom is -0.368 e. The molecule has 2 fully saturated rings. The van der Waals surface area contributed by atoms with Crippen LogP contribution in [0.5, 0.6) is 0 Å². The molecule has 2 aliphatic heterocycles. The van der Waals surface area contributed by atoms with Gasteiger partial charge in [0.05, 0.1) is 16.8 Å². The fraction of sp³-hybridized carbons (Fsp3) is 0.684. The summed E-state index contributed by atoms with van der Waals surface area (Å²) in [6.07, 6.45) is 4.92. The summed E-state index contributed by atoms with van der Waals surface area (Å²) >= 11 is 0. The molecule has 3 heterocycles. The van der Waals surface area contributed by atoms with Crippen LogP contribution in [0.25, 0.3) is 0 Å². The van der Waals surface area contributed by atoms with Gasteiger partial charge in [0.1, 0.15) is 11.9 Å². The molecular weight excluding hydrogens is 300 g/mol. The molecule has 0 amide bonds. The van der Waals surface area contributed by atoms with E-state index in [0.29, 0.717) is 17.6 Å². The first-order valence-corrected chi connectivity index (χ1v) is 8.86. The van der Waals surface area contributed by atoms with Gasteiger partial charge < -0.3 is 15.0 Å². The zero-order valence-corrected chi connectivity index (χ0v) is 15.2. The van der Waals surface area contributed by atoms with E-state index in [9.17, 15) is 0 Å². The van der Waals surface area contributed by atoms with E-state index in [2.05, 4.69) is 49.0 Å². The number of pyridine rings is 1. The SMILES string of the molecule is CC1(C)CC(NC2CCN(c3ccc(C#N)cn3)CC2)C(C)(C)O1. The Balaban J connectivity index is 1.55. The molecule has 2 aliphatic rings. The molecule has 130 valence electrons. The molecule has 0 aromatic carbocycles. The molecule has 1 atom stereocenters. The van der Waals surface area contributed by atoms with Crippen molar-refractivity contribution in [2.45, 2.75) is 70.2 Å². The number of hydrogen-bond donors (Lipinski definition) is 1. The van der Waals surface area contributed by atoms with Crippen molar-refractivity contribution >= 4 is 5.82 Å². The van der Waals surface area contributed by atoms with Crippen LogP contribution >= 0.6 is 0 Å². The Kier molecular flexibility index (Phi) is 4.54. The molecule has 3 rings (SSSR count). The highest BCUT2D eigenvalue weighted by molar-refractivity contribution is 5.42. The third kappa shape index (κ3) is 3.71. The van der Waals surface area contributed by atoms with Gasteiger partial charge in [0.25, 0.3) is 0 Å². The highest BCUT2D eigenvalue weighted by Gasteiger charge is 2.46. The van der Waals surface area contributed by atoms with E-state index in [1.807, 2.05) is 12.1 Å². The van der Waals surface area contributed by atoms with Crippen LogP contribution in [-0.2, 0) is 4.74 Å². The molecule has 0 spiro atoms. The molecule has 1 N–H and O–H groups in total. The van der Waals surface area contributed by atoms with E-state index in [0.717, 1.165) is 38.2 Å². The predicted octanol–water partition coefficient (Wildman–Crippen LogP) is 2.86. The minimum absolute atomic E-state index is 0.0473. The van der Waals surface area contributed by atoms with Crippen LogP contribution in [0.3, 0.4) is 0 Å². The standard InChI is InChI=1S/C19H28N4O/c1-18(2)11-16(19(3,4)24-18)22-15-7-9-23(10-8-15)17-6-5-14(12-20)13-21-17/h5-6,13,15-16,22H,7-11H2,1-4H3. The van der Waals surface area contributed by atoms with Crippen LogP contribution < -0.4 is 10.2 Å². The second-order valence-corrected chi connectivity index (χ2v) is 8.17. The first-order chi connectivity index (χ1) is 11.3. The van der Waals surface area contributed by atoms with Gasteiger partial charge in [-0.15, -0.1) is 0 Å². The summed E-state index contributed by atoms with van der Waals surface area (Å²) in [5.74, 6) is 0.970. The van der Waals surface area contributed by atoms with Gasteiger partial charge in [-0.25, -0.2) is 4.98 Å². The third-order valence-corrected chi connectivity index (χ3v) is 5.21. The Morgan fingerprint density at radius 3 is 2.46 bits per heavy atom.